The van der Waals surface area contributed by atoms with E-state index in [1.807, 2.05) is 16.9 Å². The molecule has 2 aromatic rings. The predicted molar refractivity (Wildman–Crippen MR) is 95.2 cm³/mol. The van der Waals surface area contributed by atoms with Crippen LogP contribution in [-0.4, -0.2) is 23.9 Å². The lowest BCUT2D eigenvalue weighted by Crippen LogP contribution is -2.10. The van der Waals surface area contributed by atoms with E-state index in [0.29, 0.717) is 6.04 Å². The fraction of sp³-hybridized carbons (Fsp3) is 0.400. The lowest BCUT2D eigenvalue weighted by molar-refractivity contribution is 0.537. The monoisotopic (exact) mass is 330 g/mol. The van der Waals surface area contributed by atoms with Gasteiger partial charge in [-0.2, -0.15) is 5.10 Å². The number of hydrogen-bond donors (Lipinski definition) is 1. The van der Waals surface area contributed by atoms with Crippen molar-refractivity contribution in [3.63, 3.8) is 0 Å². The Balaban J connectivity index is 0.00000200. The van der Waals surface area contributed by atoms with Gasteiger partial charge in [-0.05, 0) is 31.5 Å². The zero-order chi connectivity index (χ0) is 13.8. The average Bonchev–Trinajstić information content (AvgIpc) is 2.85. The van der Waals surface area contributed by atoms with E-state index >= 15 is 0 Å². The van der Waals surface area contributed by atoms with Crippen LogP contribution in [0.5, 0.6) is 0 Å². The molecule has 0 unspecified atom stereocenters. The lowest BCUT2D eigenvalue weighted by Gasteiger charge is -2.14. The van der Waals surface area contributed by atoms with E-state index in [1.165, 1.54) is 11.3 Å². The molecule has 2 rings (SSSR count). The van der Waals surface area contributed by atoms with Gasteiger partial charge in [-0.15, -0.1) is 24.8 Å². The zero-order valence-corrected chi connectivity index (χ0v) is 14.5. The SMILES string of the molecule is CC(C)n1nccc1NCc1ccc(N(C)C)cc1.Cl.Cl. The number of anilines is 2. The van der Waals surface area contributed by atoms with Gasteiger partial charge < -0.3 is 10.2 Å². The van der Waals surface area contributed by atoms with Crippen molar-refractivity contribution in [2.45, 2.75) is 26.4 Å². The fourth-order valence-corrected chi connectivity index (χ4v) is 1.97. The highest BCUT2D eigenvalue weighted by Gasteiger charge is 2.05. The van der Waals surface area contributed by atoms with Gasteiger partial charge in [-0.3, -0.25) is 0 Å². The average molecular weight is 331 g/mol. The van der Waals surface area contributed by atoms with E-state index in [1.54, 1.807) is 0 Å². The van der Waals surface area contributed by atoms with E-state index < -0.39 is 0 Å². The second-order valence-corrected chi connectivity index (χ2v) is 5.17. The molecule has 0 atom stereocenters. The van der Waals surface area contributed by atoms with Crippen molar-refractivity contribution in [2.24, 2.45) is 0 Å². The first-order chi connectivity index (χ1) is 9.08. The summed E-state index contributed by atoms with van der Waals surface area (Å²) in [6.45, 7) is 5.07. The van der Waals surface area contributed by atoms with Gasteiger partial charge in [0.15, 0.2) is 0 Å². The molecule has 1 aromatic carbocycles. The van der Waals surface area contributed by atoms with Crippen molar-refractivity contribution < 1.29 is 0 Å². The Kier molecular flexibility index (Phi) is 8.22. The fourth-order valence-electron chi connectivity index (χ4n) is 1.97. The molecule has 0 aliphatic carbocycles. The molecule has 1 aromatic heterocycles. The van der Waals surface area contributed by atoms with Crippen LogP contribution in [0, 0.1) is 0 Å². The van der Waals surface area contributed by atoms with Crippen LogP contribution in [0.3, 0.4) is 0 Å². The molecule has 0 aliphatic rings. The molecule has 4 nitrogen and oxygen atoms in total. The summed E-state index contributed by atoms with van der Waals surface area (Å²) < 4.78 is 1.99. The number of aromatic nitrogens is 2. The lowest BCUT2D eigenvalue weighted by atomic mass is 10.2. The Labute approximate surface area is 139 Å². The second-order valence-electron chi connectivity index (χ2n) is 5.17. The van der Waals surface area contributed by atoms with Crippen molar-refractivity contribution in [1.29, 1.82) is 0 Å². The highest BCUT2D eigenvalue weighted by atomic mass is 35.5. The van der Waals surface area contributed by atoms with Gasteiger partial charge in [0.25, 0.3) is 0 Å². The zero-order valence-electron chi connectivity index (χ0n) is 12.9. The Morgan fingerprint density at radius 3 is 2.24 bits per heavy atom. The summed E-state index contributed by atoms with van der Waals surface area (Å²) in [6.07, 6.45) is 1.83. The van der Waals surface area contributed by atoms with Crippen molar-refractivity contribution >= 4 is 36.3 Å². The summed E-state index contributed by atoms with van der Waals surface area (Å²) in [4.78, 5) is 2.10. The second kappa shape index (κ2) is 8.80. The highest BCUT2D eigenvalue weighted by Crippen LogP contribution is 2.16. The summed E-state index contributed by atoms with van der Waals surface area (Å²) in [5, 5.41) is 7.74. The molecule has 0 spiro atoms. The van der Waals surface area contributed by atoms with E-state index in [4.69, 9.17) is 0 Å². The summed E-state index contributed by atoms with van der Waals surface area (Å²) in [5.74, 6) is 1.06. The van der Waals surface area contributed by atoms with Crippen molar-refractivity contribution in [3.8, 4) is 0 Å². The summed E-state index contributed by atoms with van der Waals surface area (Å²) in [5.41, 5.74) is 2.48. The summed E-state index contributed by atoms with van der Waals surface area (Å²) in [7, 11) is 4.10. The molecule has 0 amide bonds. The molecule has 21 heavy (non-hydrogen) atoms. The van der Waals surface area contributed by atoms with E-state index in [0.717, 1.165) is 12.4 Å². The molecule has 0 saturated heterocycles. The van der Waals surface area contributed by atoms with Gasteiger partial charge >= 0.3 is 0 Å². The van der Waals surface area contributed by atoms with Gasteiger partial charge in [-0.25, -0.2) is 4.68 Å². The van der Waals surface area contributed by atoms with Crippen LogP contribution in [0.4, 0.5) is 11.5 Å². The first kappa shape index (κ1) is 19.6. The van der Waals surface area contributed by atoms with Crippen LogP contribution < -0.4 is 10.2 Å². The first-order valence-electron chi connectivity index (χ1n) is 6.61. The third-order valence-electron chi connectivity index (χ3n) is 3.09. The van der Waals surface area contributed by atoms with Gasteiger partial charge in [0.1, 0.15) is 5.82 Å². The number of nitrogens with zero attached hydrogens (tertiary/aromatic N) is 3. The maximum Gasteiger partial charge on any atom is 0.124 e. The maximum atomic E-state index is 4.31. The number of nitrogens with one attached hydrogen (secondary N) is 1. The normalized spacial score (nSPS) is 9.76. The molecule has 6 heteroatoms. The standard InChI is InChI=1S/C15H22N4.2ClH/c1-12(2)19-15(9-10-17-19)16-11-13-5-7-14(8-6-13)18(3)4;;/h5-10,12,16H,11H2,1-4H3;2*1H. The molecule has 118 valence electrons. The number of hydrogen-bond acceptors (Lipinski definition) is 3. The number of rotatable bonds is 5. The van der Waals surface area contributed by atoms with Gasteiger partial charge in [0.2, 0.25) is 0 Å². The van der Waals surface area contributed by atoms with E-state index in [2.05, 4.69) is 67.5 Å². The quantitative estimate of drug-likeness (QED) is 0.899. The van der Waals surface area contributed by atoms with Gasteiger partial charge in [0.05, 0.1) is 6.20 Å². The van der Waals surface area contributed by atoms with Crippen LogP contribution >= 0.6 is 24.8 Å². The van der Waals surface area contributed by atoms with Crippen LogP contribution in [-0.2, 0) is 6.54 Å². The summed E-state index contributed by atoms with van der Waals surface area (Å²) >= 11 is 0. The molecule has 0 fully saturated rings. The first-order valence-corrected chi connectivity index (χ1v) is 6.61. The van der Waals surface area contributed by atoms with Gasteiger partial charge in [0, 0.05) is 38.4 Å². The molecule has 0 aliphatic heterocycles. The highest BCUT2D eigenvalue weighted by molar-refractivity contribution is 5.85. The smallest absolute Gasteiger partial charge is 0.124 e. The van der Waals surface area contributed by atoms with Crippen molar-refractivity contribution in [2.75, 3.05) is 24.3 Å². The largest absolute Gasteiger partial charge is 0.378 e. The van der Waals surface area contributed by atoms with Crippen LogP contribution in [0.1, 0.15) is 25.5 Å². The predicted octanol–water partition coefficient (Wildman–Crippen LogP) is 3.99. The molecule has 1 N–H and O–H groups in total. The topological polar surface area (TPSA) is 33.1 Å². The Morgan fingerprint density at radius 2 is 1.71 bits per heavy atom. The maximum absolute atomic E-state index is 4.31. The van der Waals surface area contributed by atoms with Crippen LogP contribution in [0.2, 0.25) is 0 Å². The van der Waals surface area contributed by atoms with Crippen molar-refractivity contribution in [1.82, 2.24) is 9.78 Å². The number of benzene rings is 1. The molecule has 1 heterocycles. The summed E-state index contributed by atoms with van der Waals surface area (Å²) in [6, 6.07) is 11.0. The molecule has 0 bridgehead atoms. The van der Waals surface area contributed by atoms with E-state index in [-0.39, 0.29) is 24.8 Å². The molecular formula is C15H24Cl2N4. The Morgan fingerprint density at radius 1 is 1.10 bits per heavy atom. The minimum Gasteiger partial charge on any atom is -0.378 e. The van der Waals surface area contributed by atoms with Crippen molar-refractivity contribution in [3.05, 3.63) is 42.1 Å². The minimum atomic E-state index is 0. The van der Waals surface area contributed by atoms with Crippen LogP contribution in [0.15, 0.2) is 36.5 Å². The Hall–Kier alpha value is -1.39. The Bertz CT molecular complexity index is 521. The molecule has 0 radical (unpaired) electrons. The third kappa shape index (κ3) is 5.14. The van der Waals surface area contributed by atoms with E-state index in [9.17, 15) is 0 Å². The number of halogens is 2. The third-order valence-corrected chi connectivity index (χ3v) is 3.09. The van der Waals surface area contributed by atoms with Crippen LogP contribution in [0.25, 0.3) is 0 Å². The van der Waals surface area contributed by atoms with Gasteiger partial charge in [-0.1, -0.05) is 12.1 Å². The molecule has 0 saturated carbocycles. The molecular weight excluding hydrogens is 307 g/mol. The minimum absolute atomic E-state index is 0.